The first kappa shape index (κ1) is 14.6. The molecule has 1 saturated heterocycles. The molecule has 1 aliphatic rings. The fourth-order valence-corrected chi connectivity index (χ4v) is 2.61. The third-order valence-electron chi connectivity index (χ3n) is 4.00. The molecule has 1 N–H and O–H groups in total. The van der Waals surface area contributed by atoms with Crippen LogP contribution in [0.5, 0.6) is 0 Å². The van der Waals surface area contributed by atoms with E-state index in [0.29, 0.717) is 18.2 Å². The summed E-state index contributed by atoms with van der Waals surface area (Å²) in [6, 6.07) is 3.98. The van der Waals surface area contributed by atoms with E-state index in [4.69, 9.17) is 0 Å². The van der Waals surface area contributed by atoms with Crippen LogP contribution in [0.4, 0.5) is 0 Å². The van der Waals surface area contributed by atoms with Crippen LogP contribution in [0.2, 0.25) is 0 Å². The third-order valence-corrected chi connectivity index (χ3v) is 4.00. The highest BCUT2D eigenvalue weighted by molar-refractivity contribution is 5.93. The van der Waals surface area contributed by atoms with E-state index in [-0.39, 0.29) is 5.91 Å². The van der Waals surface area contributed by atoms with Crippen molar-refractivity contribution in [1.29, 1.82) is 0 Å². The molecule has 7 heteroatoms. The Hall–Kier alpha value is -2.28. The Morgan fingerprint density at radius 2 is 2.23 bits per heavy atom. The van der Waals surface area contributed by atoms with Crippen molar-refractivity contribution in [3.63, 3.8) is 0 Å². The minimum absolute atomic E-state index is 0.0584. The molecule has 0 spiro atoms. The van der Waals surface area contributed by atoms with Gasteiger partial charge < -0.3 is 10.2 Å². The van der Waals surface area contributed by atoms with Gasteiger partial charge in [0.1, 0.15) is 11.4 Å². The lowest BCUT2D eigenvalue weighted by Crippen LogP contribution is -2.44. The molecular formula is C15H19N5O2. The lowest BCUT2D eigenvalue weighted by molar-refractivity contribution is 0.0704. The number of piperidine rings is 1. The van der Waals surface area contributed by atoms with E-state index in [9.17, 15) is 4.79 Å². The summed E-state index contributed by atoms with van der Waals surface area (Å²) in [5, 5.41) is 11.1. The molecule has 22 heavy (non-hydrogen) atoms. The number of nitrogens with one attached hydrogen (secondary N) is 1. The Balaban J connectivity index is 1.48. The van der Waals surface area contributed by atoms with Gasteiger partial charge in [0.05, 0.1) is 5.56 Å². The van der Waals surface area contributed by atoms with E-state index in [0.717, 1.165) is 37.3 Å². The van der Waals surface area contributed by atoms with Crippen LogP contribution in [0.1, 0.15) is 34.6 Å². The van der Waals surface area contributed by atoms with Crippen molar-refractivity contribution in [1.82, 2.24) is 25.5 Å². The van der Waals surface area contributed by atoms with Gasteiger partial charge in [-0.25, -0.2) is 4.63 Å². The summed E-state index contributed by atoms with van der Waals surface area (Å²) in [5.41, 5.74) is 2.31. The Morgan fingerprint density at radius 3 is 2.86 bits per heavy atom. The van der Waals surface area contributed by atoms with Gasteiger partial charge in [0.25, 0.3) is 5.91 Å². The number of aryl methyl sites for hydroxylation is 1. The molecule has 3 heterocycles. The average Bonchev–Trinajstić information content (AvgIpc) is 2.99. The van der Waals surface area contributed by atoms with Crippen LogP contribution in [0.25, 0.3) is 0 Å². The highest BCUT2D eigenvalue weighted by Crippen LogP contribution is 2.14. The Kier molecular flexibility index (Phi) is 4.43. The number of carbonyl (C=O) groups is 1. The standard InChI is InChI=1S/C15H19N5O2/c1-11-14(19-22-18-11)10-17-13-4-7-20(8-5-13)15(21)12-3-2-6-16-9-12/h2-3,6,9,13,17H,4-5,7-8,10H2,1H3. The summed E-state index contributed by atoms with van der Waals surface area (Å²) in [7, 11) is 0. The lowest BCUT2D eigenvalue weighted by atomic mass is 10.0. The summed E-state index contributed by atoms with van der Waals surface area (Å²) < 4.78 is 4.68. The van der Waals surface area contributed by atoms with Gasteiger partial charge in [0, 0.05) is 38.1 Å². The number of rotatable bonds is 4. The van der Waals surface area contributed by atoms with Crippen LogP contribution in [-0.4, -0.2) is 45.2 Å². The fourth-order valence-electron chi connectivity index (χ4n) is 2.61. The normalized spacial score (nSPS) is 16.0. The number of aromatic nitrogens is 3. The molecule has 2 aromatic heterocycles. The molecule has 0 saturated carbocycles. The van der Waals surface area contributed by atoms with Crippen LogP contribution < -0.4 is 5.32 Å². The summed E-state index contributed by atoms with van der Waals surface area (Å²) >= 11 is 0. The number of amides is 1. The molecule has 0 radical (unpaired) electrons. The number of pyridine rings is 1. The monoisotopic (exact) mass is 301 g/mol. The molecule has 7 nitrogen and oxygen atoms in total. The maximum Gasteiger partial charge on any atom is 0.255 e. The van der Waals surface area contributed by atoms with Crippen LogP contribution >= 0.6 is 0 Å². The van der Waals surface area contributed by atoms with E-state index in [2.05, 4.69) is 25.2 Å². The summed E-state index contributed by atoms with van der Waals surface area (Å²) in [6.07, 6.45) is 5.15. The SMILES string of the molecule is Cc1nonc1CNC1CCN(C(=O)c2cccnc2)CC1. The molecule has 1 fully saturated rings. The third kappa shape index (κ3) is 3.30. The highest BCUT2D eigenvalue weighted by Gasteiger charge is 2.23. The summed E-state index contributed by atoms with van der Waals surface area (Å²) in [4.78, 5) is 18.2. The molecule has 0 aromatic carbocycles. The zero-order valence-corrected chi connectivity index (χ0v) is 12.5. The molecule has 0 atom stereocenters. The molecular weight excluding hydrogens is 282 g/mol. The number of carbonyl (C=O) groups excluding carboxylic acids is 1. The van der Waals surface area contributed by atoms with Crippen molar-refractivity contribution in [2.75, 3.05) is 13.1 Å². The van der Waals surface area contributed by atoms with E-state index in [1.165, 1.54) is 0 Å². The molecule has 3 rings (SSSR count). The van der Waals surface area contributed by atoms with Gasteiger partial charge >= 0.3 is 0 Å². The topological polar surface area (TPSA) is 84.2 Å². The van der Waals surface area contributed by atoms with Crippen molar-refractivity contribution in [3.8, 4) is 0 Å². The van der Waals surface area contributed by atoms with Crippen LogP contribution in [0, 0.1) is 6.92 Å². The molecule has 0 unspecified atom stereocenters. The van der Waals surface area contributed by atoms with E-state index in [1.54, 1.807) is 24.5 Å². The lowest BCUT2D eigenvalue weighted by Gasteiger charge is -2.32. The molecule has 0 aliphatic carbocycles. The number of hydrogen-bond donors (Lipinski definition) is 1. The first-order valence-electron chi connectivity index (χ1n) is 7.45. The van der Waals surface area contributed by atoms with Crippen molar-refractivity contribution in [2.45, 2.75) is 32.4 Å². The minimum atomic E-state index is 0.0584. The predicted octanol–water partition coefficient (Wildman–Crippen LogP) is 1.17. The smallest absolute Gasteiger partial charge is 0.255 e. The average molecular weight is 301 g/mol. The number of likely N-dealkylation sites (tertiary alicyclic amines) is 1. The molecule has 1 aliphatic heterocycles. The van der Waals surface area contributed by atoms with Crippen molar-refractivity contribution < 1.29 is 9.42 Å². The first-order valence-corrected chi connectivity index (χ1v) is 7.45. The van der Waals surface area contributed by atoms with E-state index < -0.39 is 0 Å². The Morgan fingerprint density at radius 1 is 1.41 bits per heavy atom. The highest BCUT2D eigenvalue weighted by atomic mass is 16.6. The molecule has 2 aromatic rings. The van der Waals surface area contributed by atoms with E-state index >= 15 is 0 Å². The number of hydrogen-bond acceptors (Lipinski definition) is 6. The molecule has 0 bridgehead atoms. The van der Waals surface area contributed by atoms with Crippen LogP contribution in [-0.2, 0) is 6.54 Å². The number of nitrogens with zero attached hydrogens (tertiary/aromatic N) is 4. The zero-order chi connectivity index (χ0) is 15.4. The second kappa shape index (κ2) is 6.65. The van der Waals surface area contributed by atoms with Gasteiger partial charge in [-0.2, -0.15) is 0 Å². The van der Waals surface area contributed by atoms with Crippen molar-refractivity contribution in [2.24, 2.45) is 0 Å². The summed E-state index contributed by atoms with van der Waals surface area (Å²) in [6.45, 7) is 4.03. The van der Waals surface area contributed by atoms with Crippen molar-refractivity contribution >= 4 is 5.91 Å². The predicted molar refractivity (Wildman–Crippen MR) is 79.0 cm³/mol. The van der Waals surface area contributed by atoms with Gasteiger partial charge in [-0.05, 0) is 31.9 Å². The van der Waals surface area contributed by atoms with Gasteiger partial charge in [0.2, 0.25) is 0 Å². The second-order valence-electron chi connectivity index (χ2n) is 5.49. The fraction of sp³-hybridized carbons (Fsp3) is 0.467. The van der Waals surface area contributed by atoms with Crippen molar-refractivity contribution in [3.05, 3.63) is 41.5 Å². The Bertz CT molecular complexity index is 620. The second-order valence-corrected chi connectivity index (χ2v) is 5.49. The van der Waals surface area contributed by atoms with Gasteiger partial charge in [-0.1, -0.05) is 10.3 Å². The zero-order valence-electron chi connectivity index (χ0n) is 12.5. The molecule has 1 amide bonds. The Labute approximate surface area is 128 Å². The van der Waals surface area contributed by atoms with E-state index in [1.807, 2.05) is 11.8 Å². The summed E-state index contributed by atoms with van der Waals surface area (Å²) in [5.74, 6) is 0.0584. The maximum absolute atomic E-state index is 12.3. The molecule has 116 valence electrons. The minimum Gasteiger partial charge on any atom is -0.338 e. The maximum atomic E-state index is 12.3. The van der Waals surface area contributed by atoms with Crippen LogP contribution in [0.3, 0.4) is 0 Å². The van der Waals surface area contributed by atoms with Gasteiger partial charge in [-0.15, -0.1) is 0 Å². The largest absolute Gasteiger partial charge is 0.338 e. The van der Waals surface area contributed by atoms with Gasteiger partial charge in [0.15, 0.2) is 0 Å². The quantitative estimate of drug-likeness (QED) is 0.912. The van der Waals surface area contributed by atoms with Crippen LogP contribution in [0.15, 0.2) is 29.2 Å². The first-order chi connectivity index (χ1) is 10.7. The van der Waals surface area contributed by atoms with Gasteiger partial charge in [-0.3, -0.25) is 9.78 Å².